The molecule has 0 bridgehead atoms. The van der Waals surface area contributed by atoms with E-state index in [0.717, 1.165) is 22.2 Å². The number of benzene rings is 2. The van der Waals surface area contributed by atoms with Gasteiger partial charge >= 0.3 is 12.1 Å². The number of thioether (sulfide) groups is 1. The van der Waals surface area contributed by atoms with Gasteiger partial charge in [0.1, 0.15) is 23.2 Å². The number of aliphatic carboxylic acids is 1. The van der Waals surface area contributed by atoms with E-state index in [2.05, 4.69) is 0 Å². The zero-order valence-electron chi connectivity index (χ0n) is 19.6. The molecule has 0 aromatic heterocycles. The van der Waals surface area contributed by atoms with E-state index in [1.165, 1.54) is 7.11 Å². The Kier molecular flexibility index (Phi) is 7.80. The summed E-state index contributed by atoms with van der Waals surface area (Å²) in [6.07, 6.45) is 2.06. The molecule has 11 heteroatoms. The van der Waals surface area contributed by atoms with Gasteiger partial charge in [-0.2, -0.15) is 0 Å². The fourth-order valence-corrected chi connectivity index (χ4v) is 5.17. The number of carbonyl (C=O) groups is 3. The van der Waals surface area contributed by atoms with Crippen LogP contribution in [-0.4, -0.2) is 70.0 Å². The largest absolute Gasteiger partial charge is 0.493 e. The molecule has 1 N–H and O–H groups in total. The number of likely N-dealkylation sites (N-methyl/N-ethyl adjacent to an activating group) is 1. The highest BCUT2D eigenvalue weighted by Gasteiger charge is 2.33. The molecule has 2 aromatic carbocycles. The predicted molar refractivity (Wildman–Crippen MR) is 138 cm³/mol. The van der Waals surface area contributed by atoms with Crippen LogP contribution in [0.4, 0.5) is 4.79 Å². The Balaban J connectivity index is 1.44. The van der Waals surface area contributed by atoms with Crippen molar-refractivity contribution in [3.05, 3.63) is 58.5 Å². The summed E-state index contributed by atoms with van der Waals surface area (Å²) in [4.78, 5) is 38.4. The first-order valence-corrected chi connectivity index (χ1v) is 12.4. The fourth-order valence-electron chi connectivity index (χ4n) is 3.92. The second-order valence-corrected chi connectivity index (χ2v) is 9.71. The molecular formula is C25H24N2O7S2. The van der Waals surface area contributed by atoms with Crippen LogP contribution >= 0.6 is 24.0 Å². The van der Waals surface area contributed by atoms with E-state index in [9.17, 15) is 14.4 Å². The van der Waals surface area contributed by atoms with Crippen LogP contribution < -0.4 is 9.47 Å². The fraction of sp³-hybridized carbons (Fsp3) is 0.280. The zero-order valence-corrected chi connectivity index (χ0v) is 21.3. The zero-order chi connectivity index (χ0) is 25.8. The average molecular weight is 529 g/mol. The Bertz CT molecular complexity index is 1230. The van der Waals surface area contributed by atoms with E-state index in [-0.39, 0.29) is 16.5 Å². The summed E-state index contributed by atoms with van der Waals surface area (Å²) < 4.78 is 16.8. The maximum absolute atomic E-state index is 12.5. The van der Waals surface area contributed by atoms with Crippen LogP contribution in [0.15, 0.2) is 47.4 Å². The molecule has 36 heavy (non-hydrogen) atoms. The minimum atomic E-state index is -1.13. The molecule has 1 unspecified atom stereocenters. The Hall–Kier alpha value is -3.57. The van der Waals surface area contributed by atoms with Crippen LogP contribution in [-0.2, 0) is 20.7 Å². The number of thiocarbonyl (C=S) groups is 1. The van der Waals surface area contributed by atoms with E-state index in [4.69, 9.17) is 31.5 Å². The molecule has 2 aliphatic rings. The number of ether oxygens (including phenoxy) is 3. The highest BCUT2D eigenvalue weighted by Crippen LogP contribution is 2.36. The summed E-state index contributed by atoms with van der Waals surface area (Å²) in [5, 5.41) is 8.98. The van der Waals surface area contributed by atoms with Crippen LogP contribution in [0.25, 0.3) is 6.08 Å². The summed E-state index contributed by atoms with van der Waals surface area (Å²) in [7, 11) is 1.52. The van der Waals surface area contributed by atoms with Gasteiger partial charge in [-0.15, -0.1) is 0 Å². The molecule has 1 atom stereocenters. The van der Waals surface area contributed by atoms with Crippen molar-refractivity contribution < 1.29 is 33.7 Å². The van der Waals surface area contributed by atoms with Crippen molar-refractivity contribution in [1.82, 2.24) is 9.80 Å². The van der Waals surface area contributed by atoms with E-state index in [0.29, 0.717) is 47.3 Å². The molecule has 0 aliphatic carbocycles. The molecule has 2 heterocycles. The first kappa shape index (κ1) is 25.5. The van der Waals surface area contributed by atoms with Crippen molar-refractivity contribution in [2.75, 3.05) is 26.8 Å². The molecule has 4 rings (SSSR count). The topological polar surface area (TPSA) is 106 Å². The van der Waals surface area contributed by atoms with Gasteiger partial charge in [-0.1, -0.05) is 42.2 Å². The predicted octanol–water partition coefficient (Wildman–Crippen LogP) is 4.16. The van der Waals surface area contributed by atoms with E-state index in [1.807, 2.05) is 31.2 Å². The maximum atomic E-state index is 12.5. The molecule has 2 aromatic rings. The Labute approximate surface area is 217 Å². The number of rotatable bonds is 9. The monoisotopic (exact) mass is 528 g/mol. The molecule has 9 nitrogen and oxygen atoms in total. The summed E-state index contributed by atoms with van der Waals surface area (Å²) >= 11 is 6.19. The van der Waals surface area contributed by atoms with Gasteiger partial charge in [0, 0.05) is 6.54 Å². The normalized spacial score (nSPS) is 18.7. The van der Waals surface area contributed by atoms with Crippen molar-refractivity contribution in [3.63, 3.8) is 0 Å². The van der Waals surface area contributed by atoms with Gasteiger partial charge in [0.2, 0.25) is 0 Å². The molecular weight excluding hydrogens is 504 g/mol. The van der Waals surface area contributed by atoms with Gasteiger partial charge in [-0.25, -0.2) is 4.79 Å². The van der Waals surface area contributed by atoms with Crippen molar-refractivity contribution in [3.8, 4) is 17.2 Å². The Morgan fingerprint density at radius 3 is 2.64 bits per heavy atom. The number of hydrogen-bond donors (Lipinski definition) is 1. The van der Waals surface area contributed by atoms with E-state index in [1.54, 1.807) is 29.2 Å². The van der Waals surface area contributed by atoms with Gasteiger partial charge in [0.05, 0.1) is 18.1 Å². The van der Waals surface area contributed by atoms with Gasteiger partial charge in [-0.3, -0.25) is 14.5 Å². The lowest BCUT2D eigenvalue weighted by atomic mass is 10.1. The lowest BCUT2D eigenvalue weighted by molar-refractivity contribution is -0.140. The highest BCUT2D eigenvalue weighted by atomic mass is 32.2. The maximum Gasteiger partial charge on any atom is 0.410 e. The van der Waals surface area contributed by atoms with E-state index >= 15 is 0 Å². The van der Waals surface area contributed by atoms with Crippen LogP contribution in [0.1, 0.15) is 18.1 Å². The molecule has 2 fully saturated rings. The summed E-state index contributed by atoms with van der Waals surface area (Å²) in [6.45, 7) is 2.45. The Morgan fingerprint density at radius 1 is 1.22 bits per heavy atom. The molecule has 2 saturated heterocycles. The van der Waals surface area contributed by atoms with Crippen molar-refractivity contribution in [2.24, 2.45) is 0 Å². The van der Waals surface area contributed by atoms with Gasteiger partial charge in [-0.05, 0) is 54.8 Å². The van der Waals surface area contributed by atoms with Crippen LogP contribution in [0.2, 0.25) is 0 Å². The first-order chi connectivity index (χ1) is 17.3. The standard InChI is InChI=1S/C25H24N2O7S2/c1-3-26-17(14-33-24(26)31)10-15-4-7-18(8-5-15)34-19-9-6-16(11-20(19)32-2)12-21-23(30)27(13-22(28)29)25(35)36-21/h4-9,11-12,17H,3,10,13-14H2,1-2H3,(H,28,29)/b21-12+. The third-order valence-corrected chi connectivity index (χ3v) is 7.07. The third-order valence-electron chi connectivity index (χ3n) is 5.69. The molecule has 2 aliphatic heterocycles. The van der Waals surface area contributed by atoms with Crippen molar-refractivity contribution in [2.45, 2.75) is 19.4 Å². The van der Waals surface area contributed by atoms with Crippen molar-refractivity contribution >= 4 is 52.3 Å². The van der Waals surface area contributed by atoms with Gasteiger partial charge in [0.25, 0.3) is 5.91 Å². The van der Waals surface area contributed by atoms with Crippen LogP contribution in [0.3, 0.4) is 0 Å². The number of cyclic esters (lactones) is 1. The van der Waals surface area contributed by atoms with Gasteiger partial charge in [0.15, 0.2) is 11.5 Å². The number of amides is 2. The number of hydrogen-bond acceptors (Lipinski definition) is 8. The van der Waals surface area contributed by atoms with Crippen LogP contribution in [0, 0.1) is 0 Å². The third kappa shape index (κ3) is 5.63. The number of methoxy groups -OCH3 is 1. The van der Waals surface area contributed by atoms with Gasteiger partial charge < -0.3 is 24.2 Å². The molecule has 0 spiro atoms. The summed E-state index contributed by atoms with van der Waals surface area (Å²) in [5.41, 5.74) is 1.74. The number of carbonyl (C=O) groups excluding carboxylic acids is 2. The average Bonchev–Trinajstić information content (AvgIpc) is 3.33. The second kappa shape index (κ2) is 11.0. The first-order valence-electron chi connectivity index (χ1n) is 11.1. The SMILES string of the molecule is CCN1C(=O)OCC1Cc1ccc(Oc2ccc(/C=C3/SC(=S)N(CC(=O)O)C3=O)cc2OC)cc1. The number of carboxylic acids is 1. The molecule has 2 amide bonds. The quantitative estimate of drug-likeness (QED) is 0.379. The number of nitrogens with zero attached hydrogens (tertiary/aromatic N) is 2. The lowest BCUT2D eigenvalue weighted by Crippen LogP contribution is -2.34. The summed E-state index contributed by atoms with van der Waals surface area (Å²) in [5.74, 6) is 0.00368. The minimum absolute atomic E-state index is 0.0199. The molecule has 188 valence electrons. The smallest absolute Gasteiger partial charge is 0.410 e. The lowest BCUT2D eigenvalue weighted by Gasteiger charge is -2.19. The second-order valence-electron chi connectivity index (χ2n) is 8.04. The Morgan fingerprint density at radius 2 is 1.97 bits per heavy atom. The molecule has 0 saturated carbocycles. The summed E-state index contributed by atoms with van der Waals surface area (Å²) in [6, 6.07) is 12.9. The van der Waals surface area contributed by atoms with Crippen LogP contribution in [0.5, 0.6) is 17.2 Å². The molecule has 0 radical (unpaired) electrons. The minimum Gasteiger partial charge on any atom is -0.493 e. The number of carboxylic acid groups (broad SMARTS) is 1. The van der Waals surface area contributed by atoms with E-state index < -0.39 is 18.4 Å². The highest BCUT2D eigenvalue weighted by molar-refractivity contribution is 8.26. The van der Waals surface area contributed by atoms with Crippen molar-refractivity contribution in [1.29, 1.82) is 0 Å².